The smallest absolute Gasteiger partial charge is 0.271 e. The zero-order valence-corrected chi connectivity index (χ0v) is 14.7. The van der Waals surface area contributed by atoms with Crippen LogP contribution in [0, 0.1) is 6.92 Å². The number of hydrogen-bond acceptors (Lipinski definition) is 4. The van der Waals surface area contributed by atoms with Crippen LogP contribution in [0.2, 0.25) is 0 Å². The van der Waals surface area contributed by atoms with Crippen LogP contribution in [0.5, 0.6) is 0 Å². The maximum Gasteiger partial charge on any atom is 0.271 e. The van der Waals surface area contributed by atoms with E-state index in [4.69, 9.17) is 0 Å². The highest BCUT2D eigenvalue weighted by Crippen LogP contribution is 2.12. The quantitative estimate of drug-likeness (QED) is 0.541. The summed E-state index contributed by atoms with van der Waals surface area (Å²) >= 11 is 0. The van der Waals surface area contributed by atoms with Crippen molar-refractivity contribution in [1.82, 2.24) is 10.4 Å². The number of nitrogens with zero attached hydrogens (tertiary/aromatic N) is 2. The van der Waals surface area contributed by atoms with Crippen LogP contribution < -0.4 is 10.7 Å². The van der Waals surface area contributed by atoms with Crippen LogP contribution in [-0.4, -0.2) is 23.0 Å². The molecule has 0 atom stereocenters. The maximum absolute atomic E-state index is 12.2. The van der Waals surface area contributed by atoms with Gasteiger partial charge in [0.1, 0.15) is 0 Å². The number of hydrazone groups is 1. The molecule has 0 saturated carbocycles. The number of carbonyl (C=O) groups excluding carboxylic acids is 2. The number of benzene rings is 2. The zero-order valence-electron chi connectivity index (χ0n) is 14.7. The number of pyridine rings is 1. The van der Waals surface area contributed by atoms with Gasteiger partial charge in [-0.05, 0) is 61.0 Å². The Balaban J connectivity index is 1.57. The number of rotatable bonds is 5. The Bertz CT molecular complexity index is 950. The van der Waals surface area contributed by atoms with Crippen molar-refractivity contribution >= 4 is 23.7 Å². The molecule has 3 rings (SSSR count). The molecule has 0 spiro atoms. The van der Waals surface area contributed by atoms with Crippen LogP contribution in [0.25, 0.3) is 0 Å². The lowest BCUT2D eigenvalue weighted by atomic mass is 10.1. The summed E-state index contributed by atoms with van der Waals surface area (Å²) in [6, 6.07) is 17.5. The molecule has 2 amide bonds. The van der Waals surface area contributed by atoms with Crippen LogP contribution in [0.3, 0.4) is 0 Å². The topological polar surface area (TPSA) is 83.5 Å². The average molecular weight is 358 g/mol. The molecule has 6 heteroatoms. The predicted molar refractivity (Wildman–Crippen MR) is 105 cm³/mol. The van der Waals surface area contributed by atoms with E-state index < -0.39 is 0 Å². The highest BCUT2D eigenvalue weighted by molar-refractivity contribution is 6.04. The molecule has 2 N–H and O–H groups in total. The first-order valence-electron chi connectivity index (χ1n) is 8.33. The SMILES string of the molecule is Cc1ccc(C(=O)Nc2ccc(C(=O)N/N=C\c3ccncc3)cc2)cc1. The molecule has 134 valence electrons. The normalized spacial score (nSPS) is 10.6. The van der Waals surface area contributed by atoms with Crippen LogP contribution in [0.4, 0.5) is 5.69 Å². The van der Waals surface area contributed by atoms with E-state index >= 15 is 0 Å². The number of aryl methyl sites for hydroxylation is 1. The number of carbonyl (C=O) groups is 2. The number of aromatic nitrogens is 1. The number of nitrogens with one attached hydrogen (secondary N) is 2. The maximum atomic E-state index is 12.2. The van der Waals surface area contributed by atoms with Gasteiger partial charge in [0.2, 0.25) is 0 Å². The van der Waals surface area contributed by atoms with Crippen LogP contribution >= 0.6 is 0 Å². The van der Waals surface area contributed by atoms with E-state index in [0.717, 1.165) is 11.1 Å². The van der Waals surface area contributed by atoms with E-state index in [9.17, 15) is 9.59 Å². The van der Waals surface area contributed by atoms with Gasteiger partial charge in [-0.3, -0.25) is 14.6 Å². The van der Waals surface area contributed by atoms with Gasteiger partial charge >= 0.3 is 0 Å². The molecule has 0 radical (unpaired) electrons. The van der Waals surface area contributed by atoms with Gasteiger partial charge in [-0.1, -0.05) is 17.7 Å². The van der Waals surface area contributed by atoms with E-state index in [1.165, 1.54) is 6.21 Å². The van der Waals surface area contributed by atoms with Gasteiger partial charge in [-0.25, -0.2) is 5.43 Å². The van der Waals surface area contributed by atoms with Crippen LogP contribution in [0.1, 0.15) is 31.8 Å². The average Bonchev–Trinajstić information content (AvgIpc) is 2.70. The van der Waals surface area contributed by atoms with E-state index in [-0.39, 0.29) is 11.8 Å². The monoisotopic (exact) mass is 358 g/mol. The molecule has 3 aromatic rings. The highest BCUT2D eigenvalue weighted by atomic mass is 16.2. The summed E-state index contributed by atoms with van der Waals surface area (Å²) in [7, 11) is 0. The zero-order chi connectivity index (χ0) is 19.1. The molecule has 27 heavy (non-hydrogen) atoms. The molecule has 0 fully saturated rings. The Morgan fingerprint density at radius 2 is 1.44 bits per heavy atom. The summed E-state index contributed by atoms with van der Waals surface area (Å²) in [6.07, 6.45) is 4.83. The van der Waals surface area contributed by atoms with Crippen LogP contribution in [0.15, 0.2) is 78.2 Å². The Hall–Kier alpha value is -3.80. The van der Waals surface area contributed by atoms with Crippen molar-refractivity contribution in [2.45, 2.75) is 6.92 Å². The molecule has 0 bridgehead atoms. The highest BCUT2D eigenvalue weighted by Gasteiger charge is 2.07. The molecule has 0 aliphatic carbocycles. The minimum absolute atomic E-state index is 0.200. The van der Waals surface area contributed by atoms with Crippen molar-refractivity contribution in [3.05, 3.63) is 95.3 Å². The third kappa shape index (κ3) is 5.09. The van der Waals surface area contributed by atoms with Gasteiger partial charge in [0, 0.05) is 29.2 Å². The summed E-state index contributed by atoms with van der Waals surface area (Å²) in [5.41, 5.74) is 6.01. The number of hydrogen-bond donors (Lipinski definition) is 2. The first-order chi connectivity index (χ1) is 13.1. The standard InChI is InChI=1S/C21H18N4O2/c1-15-2-4-17(5-3-15)20(26)24-19-8-6-18(7-9-19)21(27)25-23-14-16-10-12-22-13-11-16/h2-14H,1H3,(H,24,26)(H,25,27)/b23-14-. The minimum atomic E-state index is -0.336. The van der Waals surface area contributed by atoms with Crippen molar-refractivity contribution in [2.75, 3.05) is 5.32 Å². The number of anilines is 1. The lowest BCUT2D eigenvalue weighted by Gasteiger charge is -2.06. The van der Waals surface area contributed by atoms with E-state index in [0.29, 0.717) is 16.8 Å². The van der Waals surface area contributed by atoms with Gasteiger partial charge in [-0.15, -0.1) is 0 Å². The fourth-order valence-corrected chi connectivity index (χ4v) is 2.29. The minimum Gasteiger partial charge on any atom is -0.322 e. The molecule has 0 unspecified atom stereocenters. The van der Waals surface area contributed by atoms with Gasteiger partial charge < -0.3 is 5.32 Å². The van der Waals surface area contributed by atoms with E-state index in [1.54, 1.807) is 60.9 Å². The Morgan fingerprint density at radius 3 is 2.11 bits per heavy atom. The lowest BCUT2D eigenvalue weighted by Crippen LogP contribution is -2.17. The Kier molecular flexibility index (Phi) is 5.69. The first kappa shape index (κ1) is 18.0. The second-order valence-electron chi connectivity index (χ2n) is 5.88. The summed E-state index contributed by atoms with van der Waals surface area (Å²) in [4.78, 5) is 28.2. The summed E-state index contributed by atoms with van der Waals surface area (Å²) in [5.74, 6) is -0.536. The fraction of sp³-hybridized carbons (Fsp3) is 0.0476. The third-order valence-corrected chi connectivity index (χ3v) is 3.80. The number of amides is 2. The largest absolute Gasteiger partial charge is 0.322 e. The Labute approximate surface area is 157 Å². The fourth-order valence-electron chi connectivity index (χ4n) is 2.29. The first-order valence-corrected chi connectivity index (χ1v) is 8.33. The summed E-state index contributed by atoms with van der Waals surface area (Å²) < 4.78 is 0. The van der Waals surface area contributed by atoms with Crippen LogP contribution in [-0.2, 0) is 0 Å². The lowest BCUT2D eigenvalue weighted by molar-refractivity contribution is 0.0954. The third-order valence-electron chi connectivity index (χ3n) is 3.80. The van der Waals surface area contributed by atoms with Crippen molar-refractivity contribution in [3.8, 4) is 0 Å². The molecule has 1 heterocycles. The molecular formula is C21H18N4O2. The van der Waals surface area contributed by atoms with Gasteiger partial charge in [0.25, 0.3) is 11.8 Å². The summed E-state index contributed by atoms with van der Waals surface area (Å²) in [6.45, 7) is 1.96. The molecular weight excluding hydrogens is 340 g/mol. The summed E-state index contributed by atoms with van der Waals surface area (Å²) in [5, 5.41) is 6.72. The van der Waals surface area contributed by atoms with E-state index in [2.05, 4.69) is 20.8 Å². The molecule has 1 aromatic heterocycles. The second kappa shape index (κ2) is 8.53. The van der Waals surface area contributed by atoms with Gasteiger partial charge in [0.15, 0.2) is 0 Å². The molecule has 2 aromatic carbocycles. The van der Waals surface area contributed by atoms with Crippen molar-refractivity contribution in [2.24, 2.45) is 5.10 Å². The molecule has 0 aliphatic rings. The Morgan fingerprint density at radius 1 is 0.852 bits per heavy atom. The van der Waals surface area contributed by atoms with Crippen molar-refractivity contribution < 1.29 is 9.59 Å². The molecule has 0 saturated heterocycles. The van der Waals surface area contributed by atoms with Gasteiger partial charge in [-0.2, -0.15) is 5.10 Å². The van der Waals surface area contributed by atoms with Gasteiger partial charge in [0.05, 0.1) is 6.21 Å². The second-order valence-corrected chi connectivity index (χ2v) is 5.88. The van der Waals surface area contributed by atoms with E-state index in [1.807, 2.05) is 19.1 Å². The van der Waals surface area contributed by atoms with Crippen molar-refractivity contribution in [1.29, 1.82) is 0 Å². The molecule has 0 aliphatic heterocycles. The van der Waals surface area contributed by atoms with Crippen molar-refractivity contribution in [3.63, 3.8) is 0 Å². The molecule has 6 nitrogen and oxygen atoms in total. The predicted octanol–water partition coefficient (Wildman–Crippen LogP) is 3.41.